The fraction of sp³-hybridized carbons (Fsp3) is 0.400. The predicted molar refractivity (Wildman–Crippen MR) is 120 cm³/mol. The Morgan fingerprint density at radius 3 is 2.63 bits per heavy atom. The maximum Gasteiger partial charge on any atom is 0.191 e. The van der Waals surface area contributed by atoms with Crippen LogP contribution in [-0.2, 0) is 11.8 Å². The number of halogens is 3. The average molecular weight is 503 g/mol. The fourth-order valence-electron chi connectivity index (χ4n) is 3.01. The van der Waals surface area contributed by atoms with Gasteiger partial charge in [-0.05, 0) is 49.4 Å². The Morgan fingerprint density at radius 1 is 1.22 bits per heavy atom. The number of pyridine rings is 1. The van der Waals surface area contributed by atoms with Gasteiger partial charge in [-0.3, -0.25) is 4.99 Å². The van der Waals surface area contributed by atoms with Gasteiger partial charge in [0.15, 0.2) is 5.96 Å². The maximum absolute atomic E-state index is 14.1. The number of hydrogen-bond donors (Lipinski definition) is 2. The van der Waals surface area contributed by atoms with Gasteiger partial charge in [-0.15, -0.1) is 24.0 Å². The second-order valence-electron chi connectivity index (χ2n) is 6.62. The van der Waals surface area contributed by atoms with Crippen LogP contribution in [0.2, 0.25) is 5.15 Å². The number of hydrogen-bond acceptors (Lipinski definition) is 2. The van der Waals surface area contributed by atoms with Crippen molar-refractivity contribution in [1.29, 1.82) is 0 Å². The zero-order chi connectivity index (χ0) is 18.4. The van der Waals surface area contributed by atoms with Gasteiger partial charge < -0.3 is 10.6 Å². The molecule has 1 aromatic heterocycles. The first kappa shape index (κ1) is 21.9. The summed E-state index contributed by atoms with van der Waals surface area (Å²) in [6.07, 6.45) is 4.57. The standard InChI is InChI=1S/C20H24ClFN4.HI/c1-2-23-19(24-12-9-15-7-8-18(21)25-13-15)26-14-20(10-11-20)16-5-3-4-6-17(16)22;/h3-8,13H,2,9-12,14H2,1H3,(H2,23,24,26);1H. The van der Waals surface area contributed by atoms with Crippen LogP contribution in [0.5, 0.6) is 0 Å². The lowest BCUT2D eigenvalue weighted by atomic mass is 9.95. The highest BCUT2D eigenvalue weighted by molar-refractivity contribution is 14.0. The van der Waals surface area contributed by atoms with E-state index in [1.165, 1.54) is 6.07 Å². The van der Waals surface area contributed by atoms with E-state index >= 15 is 0 Å². The molecule has 1 aliphatic carbocycles. The Hall–Kier alpha value is -1.41. The van der Waals surface area contributed by atoms with Gasteiger partial charge in [0.2, 0.25) is 0 Å². The Morgan fingerprint density at radius 2 is 2.00 bits per heavy atom. The molecule has 1 fully saturated rings. The van der Waals surface area contributed by atoms with Crippen LogP contribution in [0.1, 0.15) is 30.9 Å². The number of nitrogens with one attached hydrogen (secondary N) is 2. The van der Waals surface area contributed by atoms with Crippen molar-refractivity contribution in [3.63, 3.8) is 0 Å². The molecule has 0 radical (unpaired) electrons. The van der Waals surface area contributed by atoms with Crippen molar-refractivity contribution in [2.24, 2.45) is 4.99 Å². The minimum Gasteiger partial charge on any atom is -0.357 e. The molecule has 27 heavy (non-hydrogen) atoms. The normalized spacial score (nSPS) is 15.0. The number of guanidine groups is 1. The van der Waals surface area contributed by atoms with E-state index in [2.05, 4.69) is 15.6 Å². The van der Waals surface area contributed by atoms with Gasteiger partial charge in [0.05, 0.1) is 6.54 Å². The van der Waals surface area contributed by atoms with Crippen molar-refractivity contribution in [2.45, 2.75) is 31.6 Å². The Labute approximate surface area is 182 Å². The summed E-state index contributed by atoms with van der Waals surface area (Å²) >= 11 is 5.81. The second-order valence-corrected chi connectivity index (χ2v) is 7.01. The molecule has 2 N–H and O–H groups in total. The summed E-state index contributed by atoms with van der Waals surface area (Å²) in [6.45, 7) is 4.14. The lowest BCUT2D eigenvalue weighted by molar-refractivity contribution is 0.572. The Balaban J connectivity index is 0.00000261. The Kier molecular flexibility index (Phi) is 8.28. The van der Waals surface area contributed by atoms with Gasteiger partial charge in [-0.2, -0.15) is 0 Å². The van der Waals surface area contributed by atoms with Crippen LogP contribution in [0, 0.1) is 5.82 Å². The smallest absolute Gasteiger partial charge is 0.191 e. The number of rotatable bonds is 7. The van der Waals surface area contributed by atoms with Crippen molar-refractivity contribution in [3.05, 3.63) is 64.7 Å². The summed E-state index contributed by atoms with van der Waals surface area (Å²) in [5.41, 5.74) is 1.75. The van der Waals surface area contributed by atoms with E-state index in [1.54, 1.807) is 18.3 Å². The second kappa shape index (κ2) is 10.2. The zero-order valence-corrected chi connectivity index (χ0v) is 18.4. The molecule has 0 unspecified atom stereocenters. The molecule has 0 bridgehead atoms. The highest BCUT2D eigenvalue weighted by Gasteiger charge is 2.45. The third-order valence-electron chi connectivity index (χ3n) is 4.68. The van der Waals surface area contributed by atoms with Crippen molar-refractivity contribution in [1.82, 2.24) is 15.6 Å². The van der Waals surface area contributed by atoms with Crippen LogP contribution in [0.3, 0.4) is 0 Å². The molecule has 0 aliphatic heterocycles. The number of nitrogens with zero attached hydrogens (tertiary/aromatic N) is 2. The van der Waals surface area contributed by atoms with E-state index in [1.807, 2.05) is 25.1 Å². The summed E-state index contributed by atoms with van der Waals surface area (Å²) in [5.74, 6) is 0.630. The van der Waals surface area contributed by atoms with Gasteiger partial charge >= 0.3 is 0 Å². The van der Waals surface area contributed by atoms with Crippen LogP contribution < -0.4 is 10.6 Å². The van der Waals surface area contributed by atoms with E-state index in [9.17, 15) is 4.39 Å². The van der Waals surface area contributed by atoms with Crippen LogP contribution in [-0.4, -0.2) is 30.6 Å². The SMILES string of the molecule is CCNC(=NCC1(c2ccccc2F)CC1)NCCc1ccc(Cl)nc1.I. The molecule has 2 aromatic rings. The van der Waals surface area contributed by atoms with E-state index in [-0.39, 0.29) is 35.2 Å². The van der Waals surface area contributed by atoms with E-state index in [4.69, 9.17) is 16.6 Å². The van der Waals surface area contributed by atoms with Crippen LogP contribution >= 0.6 is 35.6 Å². The van der Waals surface area contributed by atoms with Crippen molar-refractivity contribution >= 4 is 41.5 Å². The predicted octanol–water partition coefficient (Wildman–Crippen LogP) is 4.32. The molecule has 0 saturated heterocycles. The number of benzene rings is 1. The van der Waals surface area contributed by atoms with E-state index in [0.29, 0.717) is 11.7 Å². The van der Waals surface area contributed by atoms with Crippen LogP contribution in [0.25, 0.3) is 0 Å². The summed E-state index contributed by atoms with van der Waals surface area (Å²) < 4.78 is 14.1. The fourth-order valence-corrected chi connectivity index (χ4v) is 3.12. The lowest BCUT2D eigenvalue weighted by Gasteiger charge is -2.16. The molecule has 146 valence electrons. The lowest BCUT2D eigenvalue weighted by Crippen LogP contribution is -2.39. The topological polar surface area (TPSA) is 49.3 Å². The molecule has 1 aromatic carbocycles. The van der Waals surface area contributed by atoms with Gasteiger partial charge in [-0.25, -0.2) is 9.37 Å². The molecule has 1 heterocycles. The molecule has 7 heteroatoms. The quantitative estimate of drug-likeness (QED) is 0.257. The molecule has 1 aliphatic rings. The number of aromatic nitrogens is 1. The third-order valence-corrected chi connectivity index (χ3v) is 4.90. The first-order valence-corrected chi connectivity index (χ1v) is 9.38. The molecule has 0 spiro atoms. The molecule has 0 amide bonds. The van der Waals surface area contributed by atoms with Crippen molar-refractivity contribution in [3.8, 4) is 0 Å². The van der Waals surface area contributed by atoms with Crippen molar-refractivity contribution < 1.29 is 4.39 Å². The first-order valence-electron chi connectivity index (χ1n) is 9.00. The minimum absolute atomic E-state index is 0. The van der Waals surface area contributed by atoms with E-state index < -0.39 is 0 Å². The Bertz CT molecular complexity index is 763. The van der Waals surface area contributed by atoms with Crippen molar-refractivity contribution in [2.75, 3.05) is 19.6 Å². The van der Waals surface area contributed by atoms with Crippen LogP contribution in [0.4, 0.5) is 4.39 Å². The minimum atomic E-state index is -0.145. The summed E-state index contributed by atoms with van der Waals surface area (Å²) in [4.78, 5) is 8.79. The molecular weight excluding hydrogens is 478 g/mol. The maximum atomic E-state index is 14.1. The molecule has 0 atom stereocenters. The monoisotopic (exact) mass is 502 g/mol. The summed E-state index contributed by atoms with van der Waals surface area (Å²) in [7, 11) is 0. The summed E-state index contributed by atoms with van der Waals surface area (Å²) in [5, 5.41) is 7.09. The van der Waals surface area contributed by atoms with Gasteiger partial charge in [0.25, 0.3) is 0 Å². The molecular formula is C20H25ClFIN4. The van der Waals surface area contributed by atoms with Gasteiger partial charge in [0.1, 0.15) is 11.0 Å². The highest BCUT2D eigenvalue weighted by Crippen LogP contribution is 2.49. The van der Waals surface area contributed by atoms with Crippen LogP contribution in [0.15, 0.2) is 47.6 Å². The molecule has 4 nitrogen and oxygen atoms in total. The highest BCUT2D eigenvalue weighted by atomic mass is 127. The van der Waals surface area contributed by atoms with Gasteiger partial charge in [-0.1, -0.05) is 35.9 Å². The average Bonchev–Trinajstić information content (AvgIpc) is 3.43. The summed E-state index contributed by atoms with van der Waals surface area (Å²) in [6, 6.07) is 10.8. The molecule has 1 saturated carbocycles. The van der Waals surface area contributed by atoms with Gasteiger partial charge in [0, 0.05) is 24.7 Å². The molecule has 3 rings (SSSR count). The zero-order valence-electron chi connectivity index (χ0n) is 15.3. The van der Waals surface area contributed by atoms with E-state index in [0.717, 1.165) is 49.4 Å². The largest absolute Gasteiger partial charge is 0.357 e. The number of aliphatic imine (C=N–C) groups is 1. The first-order chi connectivity index (χ1) is 12.6. The third kappa shape index (κ3) is 6.04.